The molecule has 1 amide bonds. The van der Waals surface area contributed by atoms with Gasteiger partial charge >= 0.3 is 5.97 Å². The maximum atomic E-state index is 12.6. The van der Waals surface area contributed by atoms with Gasteiger partial charge in [-0.1, -0.05) is 33.1 Å². The third kappa shape index (κ3) is 6.96. The van der Waals surface area contributed by atoms with Crippen LogP contribution in [0, 0.1) is 31.1 Å². The second kappa shape index (κ2) is 12.4. The van der Waals surface area contributed by atoms with Gasteiger partial charge in [0.1, 0.15) is 11.6 Å². The number of amides is 1. The Morgan fingerprint density at radius 2 is 1.91 bits per heavy atom. The van der Waals surface area contributed by atoms with Crippen molar-refractivity contribution in [3.05, 3.63) is 28.6 Å². The number of morpholine rings is 1. The first-order valence-corrected chi connectivity index (χ1v) is 12.8. The molecular weight excluding hydrogens is 444 g/mol. The standard InChI is InChI=1S/C27H40N4O4/c1-20(2)17-31-21(3)14-23(22(31)4)15-24(16-28)26(33)35-18-25(32)29-19-27(8-6-5-7-9-27)30-10-12-34-13-11-30/h14-15,20H,5-13,17-19H2,1-4H3,(H,29,32)/b24-15+. The fraction of sp³-hybridized carbons (Fsp3) is 0.667. The lowest BCUT2D eigenvalue weighted by molar-refractivity contribution is -0.144. The van der Waals surface area contributed by atoms with Gasteiger partial charge in [0, 0.05) is 43.1 Å². The molecule has 35 heavy (non-hydrogen) atoms. The van der Waals surface area contributed by atoms with Crippen molar-refractivity contribution in [2.45, 2.75) is 71.9 Å². The average molecular weight is 485 g/mol. The van der Waals surface area contributed by atoms with Crippen LogP contribution in [0.4, 0.5) is 0 Å². The smallest absolute Gasteiger partial charge is 0.349 e. The van der Waals surface area contributed by atoms with Crippen LogP contribution in [-0.2, 0) is 25.6 Å². The van der Waals surface area contributed by atoms with Gasteiger partial charge in [-0.05, 0) is 50.3 Å². The van der Waals surface area contributed by atoms with E-state index in [1.54, 1.807) is 6.08 Å². The molecule has 3 rings (SSSR count). The summed E-state index contributed by atoms with van der Waals surface area (Å²) in [4.78, 5) is 27.6. The summed E-state index contributed by atoms with van der Waals surface area (Å²) in [6.45, 7) is 12.5. The lowest BCUT2D eigenvalue weighted by Gasteiger charge is -2.48. The lowest BCUT2D eigenvalue weighted by Crippen LogP contribution is -2.59. The number of hydrogen-bond donors (Lipinski definition) is 1. The number of nitrogens with one attached hydrogen (secondary N) is 1. The van der Waals surface area contributed by atoms with Crippen molar-refractivity contribution < 1.29 is 19.1 Å². The molecule has 8 nitrogen and oxygen atoms in total. The van der Waals surface area contributed by atoms with Crippen molar-refractivity contribution in [3.63, 3.8) is 0 Å². The van der Waals surface area contributed by atoms with Gasteiger partial charge in [0.15, 0.2) is 6.61 Å². The number of aryl methyl sites for hydroxylation is 1. The number of ether oxygens (including phenoxy) is 2. The maximum Gasteiger partial charge on any atom is 0.349 e. The molecule has 0 unspecified atom stereocenters. The zero-order valence-electron chi connectivity index (χ0n) is 21.7. The molecule has 192 valence electrons. The zero-order chi connectivity index (χ0) is 25.4. The van der Waals surface area contributed by atoms with E-state index in [9.17, 15) is 14.9 Å². The Morgan fingerprint density at radius 3 is 2.54 bits per heavy atom. The number of carbonyl (C=O) groups is 2. The molecule has 0 radical (unpaired) electrons. The molecule has 1 aromatic heterocycles. The van der Waals surface area contributed by atoms with E-state index in [1.165, 1.54) is 6.42 Å². The van der Waals surface area contributed by atoms with E-state index in [1.807, 2.05) is 26.0 Å². The van der Waals surface area contributed by atoms with E-state index in [-0.39, 0.29) is 17.0 Å². The minimum absolute atomic E-state index is 0.0576. The molecule has 1 aromatic rings. The highest BCUT2D eigenvalue weighted by Crippen LogP contribution is 2.33. The van der Waals surface area contributed by atoms with Crippen LogP contribution in [0.25, 0.3) is 6.08 Å². The van der Waals surface area contributed by atoms with E-state index in [0.29, 0.717) is 12.5 Å². The molecule has 1 N–H and O–H groups in total. The Balaban J connectivity index is 1.58. The first kappa shape index (κ1) is 27.0. The van der Waals surface area contributed by atoms with Crippen molar-refractivity contribution in [3.8, 4) is 6.07 Å². The lowest BCUT2D eigenvalue weighted by atomic mass is 9.79. The van der Waals surface area contributed by atoms with E-state index in [0.717, 1.165) is 75.5 Å². The highest BCUT2D eigenvalue weighted by molar-refractivity contribution is 5.99. The SMILES string of the molecule is Cc1cc(/C=C(\C#N)C(=O)OCC(=O)NCC2(N3CCOCC3)CCCCC2)c(C)n1CC(C)C. The first-order chi connectivity index (χ1) is 16.8. The summed E-state index contributed by atoms with van der Waals surface area (Å²) in [5.41, 5.74) is 2.71. The minimum Gasteiger partial charge on any atom is -0.451 e. The van der Waals surface area contributed by atoms with Gasteiger partial charge in [-0.15, -0.1) is 0 Å². The fourth-order valence-electron chi connectivity index (χ4n) is 5.29. The maximum absolute atomic E-state index is 12.6. The molecule has 2 heterocycles. The van der Waals surface area contributed by atoms with E-state index in [2.05, 4.69) is 28.6 Å². The molecule has 0 spiro atoms. The van der Waals surface area contributed by atoms with Gasteiger partial charge in [0.2, 0.25) is 0 Å². The third-order valence-electron chi connectivity index (χ3n) is 7.22. The Labute approximate surface area is 209 Å². The molecule has 1 saturated heterocycles. The Kier molecular flexibility index (Phi) is 9.53. The van der Waals surface area contributed by atoms with Crippen molar-refractivity contribution in [2.24, 2.45) is 5.92 Å². The number of nitrogens with zero attached hydrogens (tertiary/aromatic N) is 3. The van der Waals surface area contributed by atoms with Crippen molar-refractivity contribution >= 4 is 18.0 Å². The van der Waals surface area contributed by atoms with Crippen LogP contribution in [0.15, 0.2) is 11.6 Å². The average Bonchev–Trinajstić information content (AvgIpc) is 3.12. The van der Waals surface area contributed by atoms with Crippen LogP contribution in [0.1, 0.15) is 62.9 Å². The highest BCUT2D eigenvalue weighted by atomic mass is 16.5. The zero-order valence-corrected chi connectivity index (χ0v) is 21.7. The molecule has 2 fully saturated rings. The van der Waals surface area contributed by atoms with Gasteiger partial charge in [0.25, 0.3) is 5.91 Å². The third-order valence-corrected chi connectivity index (χ3v) is 7.22. The van der Waals surface area contributed by atoms with Gasteiger partial charge in [-0.2, -0.15) is 5.26 Å². The molecule has 1 aliphatic heterocycles. The van der Waals surface area contributed by atoms with Gasteiger partial charge in [-0.3, -0.25) is 9.69 Å². The Morgan fingerprint density at radius 1 is 1.23 bits per heavy atom. The van der Waals surface area contributed by atoms with Crippen LogP contribution in [0.5, 0.6) is 0 Å². The quantitative estimate of drug-likeness (QED) is 0.328. The largest absolute Gasteiger partial charge is 0.451 e. The molecule has 0 atom stereocenters. The summed E-state index contributed by atoms with van der Waals surface area (Å²) in [6, 6.07) is 3.89. The summed E-state index contributed by atoms with van der Waals surface area (Å²) in [6.07, 6.45) is 7.16. The predicted octanol–water partition coefficient (Wildman–Crippen LogP) is 3.36. The molecule has 2 aliphatic rings. The van der Waals surface area contributed by atoms with Crippen LogP contribution in [0.3, 0.4) is 0 Å². The number of carbonyl (C=O) groups excluding carboxylic acids is 2. The highest BCUT2D eigenvalue weighted by Gasteiger charge is 2.38. The summed E-state index contributed by atoms with van der Waals surface area (Å²) >= 11 is 0. The molecular formula is C27H40N4O4. The monoisotopic (exact) mass is 484 g/mol. The number of aromatic nitrogens is 1. The van der Waals surface area contributed by atoms with Crippen LogP contribution >= 0.6 is 0 Å². The summed E-state index contributed by atoms with van der Waals surface area (Å²) in [7, 11) is 0. The van der Waals surface area contributed by atoms with E-state index < -0.39 is 12.6 Å². The molecule has 0 bridgehead atoms. The summed E-state index contributed by atoms with van der Waals surface area (Å²) in [5.74, 6) is -0.646. The Hall–Kier alpha value is -2.63. The fourth-order valence-corrected chi connectivity index (χ4v) is 5.29. The summed E-state index contributed by atoms with van der Waals surface area (Å²) in [5, 5.41) is 12.5. The summed E-state index contributed by atoms with van der Waals surface area (Å²) < 4.78 is 12.9. The van der Waals surface area contributed by atoms with Crippen LogP contribution in [-0.4, -0.2) is 66.3 Å². The number of hydrogen-bond acceptors (Lipinski definition) is 6. The second-order valence-electron chi connectivity index (χ2n) is 10.2. The van der Waals surface area contributed by atoms with Crippen LogP contribution < -0.4 is 5.32 Å². The first-order valence-electron chi connectivity index (χ1n) is 12.8. The van der Waals surface area contributed by atoms with E-state index >= 15 is 0 Å². The predicted molar refractivity (Wildman–Crippen MR) is 135 cm³/mol. The second-order valence-corrected chi connectivity index (χ2v) is 10.2. The van der Waals surface area contributed by atoms with Crippen molar-refractivity contribution in [2.75, 3.05) is 39.5 Å². The topological polar surface area (TPSA) is 96.6 Å². The van der Waals surface area contributed by atoms with Gasteiger partial charge in [-0.25, -0.2) is 4.79 Å². The Bertz CT molecular complexity index is 961. The number of rotatable bonds is 9. The molecule has 1 saturated carbocycles. The van der Waals surface area contributed by atoms with Crippen LogP contribution in [0.2, 0.25) is 0 Å². The molecule has 8 heteroatoms. The van der Waals surface area contributed by atoms with E-state index in [4.69, 9.17) is 9.47 Å². The van der Waals surface area contributed by atoms with Crippen molar-refractivity contribution in [1.29, 1.82) is 5.26 Å². The normalized spacial score (nSPS) is 18.8. The molecule has 1 aliphatic carbocycles. The van der Waals surface area contributed by atoms with Gasteiger partial charge in [0.05, 0.1) is 13.2 Å². The minimum atomic E-state index is -0.781. The number of nitriles is 1. The van der Waals surface area contributed by atoms with Gasteiger partial charge < -0.3 is 19.4 Å². The number of esters is 1. The van der Waals surface area contributed by atoms with Crippen molar-refractivity contribution in [1.82, 2.24) is 14.8 Å². The molecule has 0 aromatic carbocycles.